The van der Waals surface area contributed by atoms with E-state index in [4.69, 9.17) is 0 Å². The molecule has 2 unspecified atom stereocenters. The van der Waals surface area contributed by atoms with E-state index in [0.29, 0.717) is 29.6 Å². The number of aromatic amines is 1. The molecule has 3 N–H and O–H groups in total. The summed E-state index contributed by atoms with van der Waals surface area (Å²) >= 11 is 0. The summed E-state index contributed by atoms with van der Waals surface area (Å²) in [5.41, 5.74) is 0.0280. The van der Waals surface area contributed by atoms with Crippen molar-refractivity contribution in [2.45, 2.75) is 52.8 Å². The topological polar surface area (TPSA) is 104 Å². The standard InChI is InChI=1S/C18H25N3O4/c1-5-12(15(22)10(3)4)19-16(23)11-7-8-14-13(9-11)20-17(24)18(25)21(14)6-2/h7-10,12,15,22H,5-6H2,1-4H3,(H,19,23)(H,20,24). The molecule has 0 aliphatic carbocycles. The molecule has 25 heavy (non-hydrogen) atoms. The molecule has 1 amide bonds. The van der Waals surface area contributed by atoms with Crippen molar-refractivity contribution in [1.29, 1.82) is 0 Å². The van der Waals surface area contributed by atoms with Crippen LogP contribution in [0.1, 0.15) is 44.5 Å². The first kappa shape index (κ1) is 18.9. The largest absolute Gasteiger partial charge is 0.391 e. The van der Waals surface area contributed by atoms with Gasteiger partial charge in [0.15, 0.2) is 0 Å². The summed E-state index contributed by atoms with van der Waals surface area (Å²) in [6.07, 6.45) is -0.0373. The number of nitrogens with zero attached hydrogens (tertiary/aromatic N) is 1. The van der Waals surface area contributed by atoms with Gasteiger partial charge in [-0.05, 0) is 37.5 Å². The highest BCUT2D eigenvalue weighted by molar-refractivity contribution is 5.97. The Morgan fingerprint density at radius 2 is 1.96 bits per heavy atom. The van der Waals surface area contributed by atoms with Crippen LogP contribution < -0.4 is 16.4 Å². The van der Waals surface area contributed by atoms with Gasteiger partial charge in [-0.2, -0.15) is 0 Å². The maximum atomic E-state index is 12.5. The number of aryl methyl sites for hydroxylation is 1. The summed E-state index contributed by atoms with van der Waals surface area (Å²) in [6, 6.07) is 4.44. The second-order valence-electron chi connectivity index (χ2n) is 6.46. The highest BCUT2D eigenvalue weighted by Crippen LogP contribution is 2.14. The number of aliphatic hydroxyl groups is 1. The van der Waals surface area contributed by atoms with Gasteiger partial charge in [0, 0.05) is 12.1 Å². The minimum absolute atomic E-state index is 0.0252. The zero-order valence-electron chi connectivity index (χ0n) is 15.0. The highest BCUT2D eigenvalue weighted by atomic mass is 16.3. The molecule has 0 aliphatic rings. The molecule has 7 nitrogen and oxygen atoms in total. The first-order chi connectivity index (χ1) is 11.8. The van der Waals surface area contributed by atoms with Gasteiger partial charge in [-0.1, -0.05) is 20.8 Å². The van der Waals surface area contributed by atoms with E-state index < -0.39 is 17.2 Å². The molecule has 0 fully saturated rings. The number of carbonyl (C=O) groups excluding carboxylic acids is 1. The van der Waals surface area contributed by atoms with Gasteiger partial charge in [-0.15, -0.1) is 0 Å². The van der Waals surface area contributed by atoms with Gasteiger partial charge < -0.3 is 20.0 Å². The van der Waals surface area contributed by atoms with Crippen molar-refractivity contribution >= 4 is 16.9 Å². The quantitative estimate of drug-likeness (QED) is 0.684. The smallest absolute Gasteiger partial charge is 0.316 e. The summed E-state index contributed by atoms with van der Waals surface area (Å²) in [7, 11) is 0. The monoisotopic (exact) mass is 347 g/mol. The van der Waals surface area contributed by atoms with Crippen LogP contribution in [0.5, 0.6) is 0 Å². The van der Waals surface area contributed by atoms with Crippen molar-refractivity contribution in [2.75, 3.05) is 0 Å². The van der Waals surface area contributed by atoms with Gasteiger partial charge in [-0.3, -0.25) is 14.4 Å². The molecule has 1 aromatic heterocycles. The van der Waals surface area contributed by atoms with Gasteiger partial charge in [-0.25, -0.2) is 0 Å². The third-order valence-electron chi connectivity index (χ3n) is 4.40. The average molecular weight is 347 g/mol. The van der Waals surface area contributed by atoms with Gasteiger partial charge in [0.2, 0.25) is 0 Å². The number of amides is 1. The molecule has 1 aromatic carbocycles. The number of carbonyl (C=O) groups is 1. The van der Waals surface area contributed by atoms with Crippen LogP contribution in [0.15, 0.2) is 27.8 Å². The molecule has 0 saturated heterocycles. The molecule has 7 heteroatoms. The van der Waals surface area contributed by atoms with Crippen molar-refractivity contribution in [3.8, 4) is 0 Å². The first-order valence-electron chi connectivity index (χ1n) is 8.55. The van der Waals surface area contributed by atoms with Gasteiger partial charge in [0.25, 0.3) is 5.91 Å². The molecule has 0 saturated carbocycles. The average Bonchev–Trinajstić information content (AvgIpc) is 2.59. The van der Waals surface area contributed by atoms with Gasteiger partial charge >= 0.3 is 11.1 Å². The molecule has 2 atom stereocenters. The number of nitrogens with one attached hydrogen (secondary N) is 2. The van der Waals surface area contributed by atoms with Crippen LogP contribution in [0.2, 0.25) is 0 Å². The van der Waals surface area contributed by atoms with Crippen molar-refractivity contribution in [2.24, 2.45) is 5.92 Å². The number of fused-ring (bicyclic) bond motifs is 1. The van der Waals surface area contributed by atoms with Crippen LogP contribution in [0.4, 0.5) is 0 Å². The lowest BCUT2D eigenvalue weighted by Crippen LogP contribution is -2.45. The van der Waals surface area contributed by atoms with E-state index in [-0.39, 0.29) is 17.9 Å². The Balaban J connectivity index is 2.38. The van der Waals surface area contributed by atoms with Crippen LogP contribution in [0.25, 0.3) is 11.0 Å². The molecule has 0 spiro atoms. The summed E-state index contributed by atoms with van der Waals surface area (Å²) in [5, 5.41) is 13.0. The second kappa shape index (κ2) is 7.65. The van der Waals surface area contributed by atoms with E-state index >= 15 is 0 Å². The lowest BCUT2D eigenvalue weighted by molar-refractivity contribution is 0.0678. The van der Waals surface area contributed by atoms with E-state index in [0.717, 1.165) is 0 Å². The third kappa shape index (κ3) is 3.82. The molecule has 0 bridgehead atoms. The number of aliphatic hydroxyl groups excluding tert-OH is 1. The van der Waals surface area contributed by atoms with Crippen molar-refractivity contribution < 1.29 is 9.90 Å². The Hall–Kier alpha value is -2.41. The van der Waals surface area contributed by atoms with Crippen LogP contribution in [0.3, 0.4) is 0 Å². The van der Waals surface area contributed by atoms with E-state index in [9.17, 15) is 19.5 Å². The molecule has 136 valence electrons. The summed E-state index contributed by atoms with van der Waals surface area (Å²) in [5.74, 6) is -0.305. The summed E-state index contributed by atoms with van der Waals surface area (Å²) in [6.45, 7) is 7.83. The third-order valence-corrected chi connectivity index (χ3v) is 4.40. The fourth-order valence-electron chi connectivity index (χ4n) is 2.88. The first-order valence-corrected chi connectivity index (χ1v) is 8.55. The van der Waals surface area contributed by atoms with Gasteiger partial charge in [0.1, 0.15) is 0 Å². The number of hydrogen-bond donors (Lipinski definition) is 3. The van der Waals surface area contributed by atoms with Crippen LogP contribution in [-0.4, -0.2) is 32.7 Å². The van der Waals surface area contributed by atoms with Crippen molar-refractivity contribution in [3.05, 3.63) is 44.5 Å². The number of benzene rings is 1. The Bertz CT molecular complexity index is 882. The van der Waals surface area contributed by atoms with E-state index in [2.05, 4.69) is 10.3 Å². The maximum Gasteiger partial charge on any atom is 0.316 e. The lowest BCUT2D eigenvalue weighted by Gasteiger charge is -2.25. The fraction of sp³-hybridized carbons (Fsp3) is 0.500. The van der Waals surface area contributed by atoms with Crippen molar-refractivity contribution in [1.82, 2.24) is 14.9 Å². The number of aromatic nitrogens is 2. The summed E-state index contributed by atoms with van der Waals surface area (Å²) < 4.78 is 1.37. The highest BCUT2D eigenvalue weighted by Gasteiger charge is 2.23. The lowest BCUT2D eigenvalue weighted by atomic mass is 9.97. The molecular weight excluding hydrogens is 322 g/mol. The number of hydrogen-bond acceptors (Lipinski definition) is 4. The predicted octanol–water partition coefficient (Wildman–Crippen LogP) is 1.23. The van der Waals surface area contributed by atoms with Crippen LogP contribution in [-0.2, 0) is 6.54 Å². The minimum atomic E-state index is -0.714. The fourth-order valence-corrected chi connectivity index (χ4v) is 2.88. The Labute approximate surface area is 145 Å². The Kier molecular flexibility index (Phi) is 5.79. The molecule has 0 radical (unpaired) electrons. The van der Waals surface area contributed by atoms with Gasteiger partial charge in [0.05, 0.1) is 23.2 Å². The van der Waals surface area contributed by atoms with Crippen LogP contribution in [0, 0.1) is 5.92 Å². The molecule has 1 heterocycles. The Morgan fingerprint density at radius 3 is 2.52 bits per heavy atom. The minimum Gasteiger partial charge on any atom is -0.391 e. The zero-order chi connectivity index (χ0) is 18.7. The Morgan fingerprint density at radius 1 is 1.28 bits per heavy atom. The summed E-state index contributed by atoms with van der Waals surface area (Å²) in [4.78, 5) is 38.7. The number of H-pyrrole nitrogens is 1. The van der Waals surface area contributed by atoms with E-state index in [1.54, 1.807) is 25.1 Å². The number of rotatable bonds is 6. The molecule has 2 aromatic rings. The molecule has 2 rings (SSSR count). The molecular formula is C18H25N3O4. The van der Waals surface area contributed by atoms with Crippen molar-refractivity contribution in [3.63, 3.8) is 0 Å². The van der Waals surface area contributed by atoms with E-state index in [1.165, 1.54) is 4.57 Å². The SMILES string of the molecule is CCC(NC(=O)c1ccc2c(c1)[nH]c(=O)c(=O)n2CC)C(O)C(C)C. The molecule has 0 aliphatic heterocycles. The predicted molar refractivity (Wildman–Crippen MR) is 96.9 cm³/mol. The van der Waals surface area contributed by atoms with E-state index in [1.807, 2.05) is 20.8 Å². The second-order valence-corrected chi connectivity index (χ2v) is 6.46. The maximum absolute atomic E-state index is 12.5. The normalized spacial score (nSPS) is 13.8. The zero-order valence-corrected chi connectivity index (χ0v) is 15.0. The van der Waals surface area contributed by atoms with Crippen LogP contribution >= 0.6 is 0 Å².